The molecule has 5 atom stereocenters. The number of rotatable bonds is 6. The zero-order valence-corrected chi connectivity index (χ0v) is 16.1. The van der Waals surface area contributed by atoms with E-state index in [1.807, 2.05) is 0 Å². The van der Waals surface area contributed by atoms with Crippen molar-refractivity contribution in [2.75, 3.05) is 13.7 Å². The van der Waals surface area contributed by atoms with E-state index in [2.05, 4.69) is 0 Å². The molecule has 3 rings (SSSR count). The molecule has 30 heavy (non-hydrogen) atoms. The third-order valence-electron chi connectivity index (χ3n) is 4.69. The van der Waals surface area contributed by atoms with Crippen molar-refractivity contribution < 1.29 is 44.8 Å². The molecule has 0 aliphatic carbocycles. The van der Waals surface area contributed by atoms with Crippen molar-refractivity contribution in [2.45, 2.75) is 30.7 Å². The van der Waals surface area contributed by atoms with Crippen LogP contribution in [0.3, 0.4) is 0 Å². The number of methoxy groups -OCH3 is 1. The van der Waals surface area contributed by atoms with Gasteiger partial charge in [0.15, 0.2) is 11.5 Å². The third kappa shape index (κ3) is 4.84. The standard InChI is InChI=1S/C21H24O9/c1-28-16-5-4-11(8-15(16)24)2-3-12-6-13(23)9-14(7-12)29-21-20(27)19(26)18(25)17(10-22)30-21/h2-9,17-27H,10H2,1H3/b3-2+/t17-,18-,19+,20-,21-/m0/s1. The van der Waals surface area contributed by atoms with Crippen molar-refractivity contribution in [3.63, 3.8) is 0 Å². The van der Waals surface area contributed by atoms with Crippen molar-refractivity contribution in [2.24, 2.45) is 0 Å². The fourth-order valence-electron chi connectivity index (χ4n) is 3.07. The number of phenolic OH excluding ortho intramolecular Hbond substituents is 2. The maximum Gasteiger partial charge on any atom is 0.229 e. The summed E-state index contributed by atoms with van der Waals surface area (Å²) in [6, 6.07) is 9.19. The van der Waals surface area contributed by atoms with E-state index < -0.39 is 37.3 Å². The number of hydrogen-bond acceptors (Lipinski definition) is 9. The Morgan fingerprint density at radius 2 is 1.67 bits per heavy atom. The second kappa shape index (κ2) is 9.33. The zero-order valence-electron chi connectivity index (χ0n) is 16.1. The van der Waals surface area contributed by atoms with Crippen molar-refractivity contribution in [1.29, 1.82) is 0 Å². The van der Waals surface area contributed by atoms with Gasteiger partial charge in [0.2, 0.25) is 6.29 Å². The molecule has 0 saturated carbocycles. The Kier molecular flexibility index (Phi) is 6.80. The molecule has 0 spiro atoms. The van der Waals surface area contributed by atoms with Crippen LogP contribution >= 0.6 is 0 Å². The lowest BCUT2D eigenvalue weighted by Gasteiger charge is -2.39. The van der Waals surface area contributed by atoms with Crippen LogP contribution in [0.4, 0.5) is 0 Å². The first-order chi connectivity index (χ1) is 14.3. The molecule has 1 heterocycles. The predicted molar refractivity (Wildman–Crippen MR) is 106 cm³/mol. The van der Waals surface area contributed by atoms with Gasteiger partial charge >= 0.3 is 0 Å². The van der Waals surface area contributed by atoms with Gasteiger partial charge in [-0.1, -0.05) is 18.2 Å². The number of phenols is 2. The Morgan fingerprint density at radius 1 is 0.933 bits per heavy atom. The summed E-state index contributed by atoms with van der Waals surface area (Å²) >= 11 is 0. The van der Waals surface area contributed by atoms with E-state index in [9.17, 15) is 30.6 Å². The molecule has 0 radical (unpaired) electrons. The molecule has 2 aromatic carbocycles. The largest absolute Gasteiger partial charge is 0.508 e. The zero-order chi connectivity index (χ0) is 21.8. The number of aliphatic hydroxyl groups excluding tert-OH is 4. The maximum absolute atomic E-state index is 10.1. The molecule has 6 N–H and O–H groups in total. The second-order valence-electron chi connectivity index (χ2n) is 6.84. The van der Waals surface area contributed by atoms with Crippen LogP contribution in [0.5, 0.6) is 23.0 Å². The van der Waals surface area contributed by atoms with E-state index in [0.29, 0.717) is 16.9 Å². The fraction of sp³-hybridized carbons (Fsp3) is 0.333. The molecule has 0 unspecified atom stereocenters. The van der Waals surface area contributed by atoms with Gasteiger partial charge in [-0.3, -0.25) is 0 Å². The van der Waals surface area contributed by atoms with Gasteiger partial charge in [0, 0.05) is 6.07 Å². The topological polar surface area (TPSA) is 149 Å². The van der Waals surface area contributed by atoms with Crippen molar-refractivity contribution in [3.8, 4) is 23.0 Å². The summed E-state index contributed by atoms with van der Waals surface area (Å²) < 4.78 is 15.8. The van der Waals surface area contributed by atoms with Crippen LogP contribution in [0, 0.1) is 0 Å². The highest BCUT2D eigenvalue weighted by atomic mass is 16.7. The fourth-order valence-corrected chi connectivity index (χ4v) is 3.07. The summed E-state index contributed by atoms with van der Waals surface area (Å²) in [5.74, 6) is 0.354. The molecular weight excluding hydrogens is 396 g/mol. The van der Waals surface area contributed by atoms with Crippen LogP contribution in [0.25, 0.3) is 12.2 Å². The quantitative estimate of drug-likeness (QED) is 0.366. The molecule has 1 aliphatic heterocycles. The highest BCUT2D eigenvalue weighted by molar-refractivity contribution is 5.72. The molecule has 162 valence electrons. The third-order valence-corrected chi connectivity index (χ3v) is 4.69. The first-order valence-corrected chi connectivity index (χ1v) is 9.18. The smallest absolute Gasteiger partial charge is 0.229 e. The first kappa shape index (κ1) is 21.9. The highest BCUT2D eigenvalue weighted by Crippen LogP contribution is 2.30. The van der Waals surface area contributed by atoms with Gasteiger partial charge < -0.3 is 44.8 Å². The van der Waals surface area contributed by atoms with Crippen LogP contribution in [-0.4, -0.2) is 75.1 Å². The molecule has 0 bridgehead atoms. The van der Waals surface area contributed by atoms with Crippen molar-refractivity contribution >= 4 is 12.2 Å². The van der Waals surface area contributed by atoms with E-state index in [1.54, 1.807) is 30.4 Å². The van der Waals surface area contributed by atoms with Gasteiger partial charge in [-0.15, -0.1) is 0 Å². The average Bonchev–Trinajstić information content (AvgIpc) is 2.72. The van der Waals surface area contributed by atoms with Gasteiger partial charge in [0.05, 0.1) is 13.7 Å². The summed E-state index contributed by atoms with van der Waals surface area (Å²) in [4.78, 5) is 0. The summed E-state index contributed by atoms with van der Waals surface area (Å²) in [7, 11) is 1.45. The minimum absolute atomic E-state index is 0.0119. The lowest BCUT2D eigenvalue weighted by atomic mass is 9.99. The minimum Gasteiger partial charge on any atom is -0.508 e. The van der Waals surface area contributed by atoms with Crippen molar-refractivity contribution in [1.82, 2.24) is 0 Å². The monoisotopic (exact) mass is 420 g/mol. The lowest BCUT2D eigenvalue weighted by molar-refractivity contribution is -0.277. The van der Waals surface area contributed by atoms with Crippen LogP contribution in [0.2, 0.25) is 0 Å². The van der Waals surface area contributed by atoms with E-state index >= 15 is 0 Å². The van der Waals surface area contributed by atoms with Gasteiger partial charge in [0.1, 0.15) is 35.9 Å². The van der Waals surface area contributed by atoms with E-state index in [4.69, 9.17) is 14.2 Å². The predicted octanol–water partition coefficient (Wildman–Crippen LogP) is 0.455. The number of benzene rings is 2. The normalized spacial score (nSPS) is 26.6. The molecule has 9 nitrogen and oxygen atoms in total. The Labute approximate surface area is 172 Å². The number of ether oxygens (including phenoxy) is 3. The number of aromatic hydroxyl groups is 2. The summed E-state index contributed by atoms with van der Waals surface area (Å²) in [5, 5.41) is 58.9. The van der Waals surface area contributed by atoms with Crippen LogP contribution in [-0.2, 0) is 4.74 Å². The van der Waals surface area contributed by atoms with Crippen LogP contribution in [0.15, 0.2) is 36.4 Å². The van der Waals surface area contributed by atoms with Gasteiger partial charge in [-0.05, 0) is 35.4 Å². The SMILES string of the molecule is COc1ccc(/C=C/c2cc(O)cc(O[C@H]3O[C@@H](CO)[C@H](O)[C@@H](O)[C@@H]3O)c2)cc1O. The first-order valence-electron chi connectivity index (χ1n) is 9.18. The molecule has 2 aromatic rings. The molecule has 1 aliphatic rings. The second-order valence-corrected chi connectivity index (χ2v) is 6.84. The molecule has 1 saturated heterocycles. The molecule has 0 amide bonds. The number of aliphatic hydroxyl groups is 4. The molecule has 1 fully saturated rings. The van der Waals surface area contributed by atoms with E-state index in [-0.39, 0.29) is 17.2 Å². The average molecular weight is 420 g/mol. The van der Waals surface area contributed by atoms with E-state index in [1.165, 1.54) is 25.3 Å². The molecule has 9 heteroatoms. The van der Waals surface area contributed by atoms with Crippen LogP contribution < -0.4 is 9.47 Å². The number of hydrogen-bond donors (Lipinski definition) is 6. The Morgan fingerprint density at radius 3 is 2.33 bits per heavy atom. The van der Waals surface area contributed by atoms with Gasteiger partial charge in [-0.2, -0.15) is 0 Å². The van der Waals surface area contributed by atoms with E-state index in [0.717, 1.165) is 0 Å². The highest BCUT2D eigenvalue weighted by Gasteiger charge is 2.44. The lowest BCUT2D eigenvalue weighted by Crippen LogP contribution is -2.60. The summed E-state index contributed by atoms with van der Waals surface area (Å²) in [6.45, 7) is -0.576. The summed E-state index contributed by atoms with van der Waals surface area (Å²) in [6.07, 6.45) is -3.72. The minimum atomic E-state index is -1.57. The summed E-state index contributed by atoms with van der Waals surface area (Å²) in [5.41, 5.74) is 1.23. The maximum atomic E-state index is 10.1. The molecular formula is C21H24O9. The Bertz CT molecular complexity index is 896. The van der Waals surface area contributed by atoms with Gasteiger partial charge in [-0.25, -0.2) is 0 Å². The van der Waals surface area contributed by atoms with Gasteiger partial charge in [0.25, 0.3) is 0 Å². The Balaban J connectivity index is 1.77. The Hall–Kier alpha value is -2.82. The van der Waals surface area contributed by atoms with Crippen LogP contribution in [0.1, 0.15) is 11.1 Å². The van der Waals surface area contributed by atoms with Crippen molar-refractivity contribution in [3.05, 3.63) is 47.5 Å². The molecule has 0 aromatic heterocycles.